The van der Waals surface area contributed by atoms with Crippen LogP contribution in [0.5, 0.6) is 5.88 Å². The molecule has 0 radical (unpaired) electrons. The number of esters is 1. The summed E-state index contributed by atoms with van der Waals surface area (Å²) in [6.07, 6.45) is 3.09. The molecule has 2 heterocycles. The van der Waals surface area contributed by atoms with E-state index in [0.717, 1.165) is 24.6 Å². The Bertz CT molecular complexity index is 1300. The molecule has 0 saturated carbocycles. The van der Waals surface area contributed by atoms with Crippen LogP contribution >= 0.6 is 15.9 Å². The van der Waals surface area contributed by atoms with Gasteiger partial charge in [0, 0.05) is 21.8 Å². The van der Waals surface area contributed by atoms with Crippen LogP contribution in [0.4, 0.5) is 17.6 Å². The fourth-order valence-electron chi connectivity index (χ4n) is 3.66. The van der Waals surface area contributed by atoms with Gasteiger partial charge in [-0.15, -0.1) is 0 Å². The Hall–Kier alpha value is -3.27. The summed E-state index contributed by atoms with van der Waals surface area (Å²) in [6, 6.07) is 10.9. The monoisotopic (exact) mass is 594 g/mol. The number of halogens is 5. The molecule has 1 aliphatic rings. The van der Waals surface area contributed by atoms with Gasteiger partial charge in [-0.1, -0.05) is 34.1 Å². The SMILES string of the molecule is CCOC(=O)c1cccc(C2=CCCCC2)n1.Cc1cc(C(F)(F)F)cnc1OCc1ccc(Br)cc1F. The highest BCUT2D eigenvalue weighted by Gasteiger charge is 2.31. The highest BCUT2D eigenvalue weighted by Crippen LogP contribution is 2.31. The Labute approximate surface area is 227 Å². The maximum atomic E-state index is 13.6. The van der Waals surface area contributed by atoms with E-state index in [0.29, 0.717) is 28.5 Å². The molecule has 4 rings (SSSR count). The van der Waals surface area contributed by atoms with Gasteiger partial charge in [-0.3, -0.25) is 0 Å². The van der Waals surface area contributed by atoms with E-state index in [4.69, 9.17) is 9.47 Å². The minimum atomic E-state index is -4.45. The molecule has 0 atom stereocenters. The van der Waals surface area contributed by atoms with Gasteiger partial charge in [0.15, 0.2) is 0 Å². The Morgan fingerprint density at radius 3 is 2.55 bits per heavy atom. The Morgan fingerprint density at radius 1 is 1.13 bits per heavy atom. The lowest BCUT2D eigenvalue weighted by Gasteiger charge is -2.12. The van der Waals surface area contributed by atoms with Crippen LogP contribution in [0.2, 0.25) is 0 Å². The number of hydrogen-bond acceptors (Lipinski definition) is 5. The van der Waals surface area contributed by atoms with Crippen molar-refractivity contribution in [1.29, 1.82) is 0 Å². The van der Waals surface area contributed by atoms with Crippen LogP contribution in [0.3, 0.4) is 0 Å². The molecule has 0 bridgehead atoms. The van der Waals surface area contributed by atoms with Gasteiger partial charge in [0.2, 0.25) is 5.88 Å². The molecule has 0 N–H and O–H groups in total. The van der Waals surface area contributed by atoms with Crippen molar-refractivity contribution in [2.45, 2.75) is 52.3 Å². The minimum Gasteiger partial charge on any atom is -0.472 e. The van der Waals surface area contributed by atoms with E-state index in [1.165, 1.54) is 37.5 Å². The predicted octanol–water partition coefficient (Wildman–Crippen LogP) is 8.11. The quantitative estimate of drug-likeness (QED) is 0.213. The zero-order chi connectivity index (χ0) is 27.7. The average molecular weight is 595 g/mol. The Morgan fingerprint density at radius 2 is 1.92 bits per heavy atom. The lowest BCUT2D eigenvalue weighted by atomic mass is 9.97. The van der Waals surface area contributed by atoms with Crippen LogP contribution in [0.25, 0.3) is 5.57 Å². The fraction of sp³-hybridized carbons (Fsp3) is 0.321. The maximum Gasteiger partial charge on any atom is 0.417 e. The summed E-state index contributed by atoms with van der Waals surface area (Å²) in [4.78, 5) is 19.6. The van der Waals surface area contributed by atoms with Gasteiger partial charge in [-0.05, 0) is 75.4 Å². The first-order chi connectivity index (χ1) is 18.1. The van der Waals surface area contributed by atoms with Gasteiger partial charge in [0.25, 0.3) is 0 Å². The first-order valence-electron chi connectivity index (χ1n) is 12.0. The first-order valence-corrected chi connectivity index (χ1v) is 12.8. The molecule has 0 spiro atoms. The van der Waals surface area contributed by atoms with Crippen LogP contribution in [-0.2, 0) is 17.5 Å². The number of aryl methyl sites for hydroxylation is 1. The molecule has 0 fully saturated rings. The second-order valence-corrected chi connectivity index (χ2v) is 9.39. The van der Waals surface area contributed by atoms with Crippen molar-refractivity contribution in [1.82, 2.24) is 9.97 Å². The second-order valence-electron chi connectivity index (χ2n) is 8.47. The summed E-state index contributed by atoms with van der Waals surface area (Å²) in [5.41, 5.74) is 2.25. The molecule has 202 valence electrons. The average Bonchev–Trinajstić information content (AvgIpc) is 2.89. The molecule has 38 heavy (non-hydrogen) atoms. The van der Waals surface area contributed by atoms with Crippen molar-refractivity contribution in [3.05, 3.63) is 93.1 Å². The fourth-order valence-corrected chi connectivity index (χ4v) is 3.99. The van der Waals surface area contributed by atoms with Crippen molar-refractivity contribution < 1.29 is 31.8 Å². The number of pyridine rings is 2. The third-order valence-corrected chi connectivity index (χ3v) is 6.08. The topological polar surface area (TPSA) is 61.3 Å². The molecule has 5 nitrogen and oxygen atoms in total. The van der Waals surface area contributed by atoms with Crippen molar-refractivity contribution in [3.63, 3.8) is 0 Å². The Kier molecular flexibility index (Phi) is 10.4. The van der Waals surface area contributed by atoms with Gasteiger partial charge in [-0.2, -0.15) is 13.2 Å². The molecule has 1 aromatic carbocycles. The van der Waals surface area contributed by atoms with Crippen LogP contribution < -0.4 is 4.74 Å². The van der Waals surface area contributed by atoms with Crippen LogP contribution in [0, 0.1) is 12.7 Å². The molecular weight excluding hydrogens is 568 g/mol. The highest BCUT2D eigenvalue weighted by molar-refractivity contribution is 9.10. The zero-order valence-corrected chi connectivity index (χ0v) is 22.5. The smallest absolute Gasteiger partial charge is 0.417 e. The zero-order valence-electron chi connectivity index (χ0n) is 20.9. The van der Waals surface area contributed by atoms with Crippen LogP contribution in [0.15, 0.2) is 59.2 Å². The lowest BCUT2D eigenvalue weighted by molar-refractivity contribution is -0.137. The number of aromatic nitrogens is 2. The summed E-state index contributed by atoms with van der Waals surface area (Å²) in [7, 11) is 0. The number of carbonyl (C=O) groups is 1. The maximum absolute atomic E-state index is 13.6. The third-order valence-electron chi connectivity index (χ3n) is 5.59. The van der Waals surface area contributed by atoms with Gasteiger partial charge in [-0.25, -0.2) is 19.2 Å². The molecule has 0 saturated heterocycles. The van der Waals surface area contributed by atoms with Gasteiger partial charge in [0.05, 0.1) is 17.9 Å². The van der Waals surface area contributed by atoms with Gasteiger partial charge in [0.1, 0.15) is 18.1 Å². The number of ether oxygens (including phenoxy) is 2. The number of nitrogens with zero attached hydrogens (tertiary/aromatic N) is 2. The lowest BCUT2D eigenvalue weighted by Crippen LogP contribution is -2.08. The van der Waals surface area contributed by atoms with Crippen LogP contribution in [0.1, 0.15) is 65.5 Å². The summed E-state index contributed by atoms with van der Waals surface area (Å²) in [5, 5.41) is 0. The molecule has 0 aliphatic heterocycles. The normalized spacial score (nSPS) is 13.2. The van der Waals surface area contributed by atoms with Gasteiger partial charge >= 0.3 is 12.1 Å². The molecule has 2 aromatic heterocycles. The van der Waals surface area contributed by atoms with Gasteiger partial charge < -0.3 is 9.47 Å². The summed E-state index contributed by atoms with van der Waals surface area (Å²) in [6.45, 7) is 3.52. The second kappa shape index (κ2) is 13.5. The minimum absolute atomic E-state index is 0.0466. The van der Waals surface area contributed by atoms with E-state index in [2.05, 4.69) is 32.0 Å². The molecule has 10 heteroatoms. The molecule has 0 amide bonds. The highest BCUT2D eigenvalue weighted by atomic mass is 79.9. The predicted molar refractivity (Wildman–Crippen MR) is 139 cm³/mol. The third kappa shape index (κ3) is 8.37. The largest absolute Gasteiger partial charge is 0.472 e. The summed E-state index contributed by atoms with van der Waals surface area (Å²) < 4.78 is 61.9. The number of hydrogen-bond donors (Lipinski definition) is 0. The summed E-state index contributed by atoms with van der Waals surface area (Å²) >= 11 is 3.13. The van der Waals surface area contributed by atoms with E-state index >= 15 is 0 Å². The number of carbonyl (C=O) groups excluding carboxylic acids is 1. The standard InChI is InChI=1S/C14H10BrF4NO.C14H17NO2/c1-8-4-10(14(17,18)19)6-20-13(8)21-7-9-2-3-11(15)5-12(9)16;1-2-17-14(16)13-10-6-9-12(15-13)11-7-4-3-5-8-11/h2-6H,7H2,1H3;6-7,9-10H,2-5,8H2,1H3. The van der Waals surface area contributed by atoms with Crippen molar-refractivity contribution in [2.75, 3.05) is 6.61 Å². The number of alkyl halides is 3. The van der Waals surface area contributed by atoms with E-state index in [1.54, 1.807) is 19.1 Å². The van der Waals surface area contributed by atoms with Crippen molar-refractivity contribution in [3.8, 4) is 5.88 Å². The van der Waals surface area contributed by atoms with E-state index < -0.39 is 17.6 Å². The van der Waals surface area contributed by atoms with Crippen molar-refractivity contribution in [2.24, 2.45) is 0 Å². The first kappa shape index (κ1) is 29.3. The van der Waals surface area contributed by atoms with E-state index in [1.807, 2.05) is 12.1 Å². The number of allylic oxidation sites excluding steroid dienone is 2. The van der Waals surface area contributed by atoms with Crippen molar-refractivity contribution >= 4 is 27.5 Å². The number of benzene rings is 1. The van der Waals surface area contributed by atoms with E-state index in [-0.39, 0.29) is 24.0 Å². The Balaban J connectivity index is 0.000000215. The summed E-state index contributed by atoms with van der Waals surface area (Å²) in [5.74, 6) is -0.759. The van der Waals surface area contributed by atoms with E-state index in [9.17, 15) is 22.4 Å². The van der Waals surface area contributed by atoms with Crippen LogP contribution in [-0.4, -0.2) is 22.5 Å². The molecule has 1 aliphatic carbocycles. The molecule has 0 unspecified atom stereocenters. The molecular formula is C28H27BrF4N2O3. The number of rotatable bonds is 6. The molecule has 3 aromatic rings.